The fraction of sp³-hybridized carbons (Fsp3) is 0.467. The average molecular weight is 371 g/mol. The Bertz CT molecular complexity index is 607. The Kier molecular flexibility index (Phi) is 6.44. The Morgan fingerprint density at radius 3 is 1.80 bits per heavy atom. The van der Waals surface area contributed by atoms with Crippen LogP contribution in [0.25, 0.3) is 0 Å². The summed E-state index contributed by atoms with van der Waals surface area (Å²) in [6.07, 6.45) is -10.2. The molecule has 1 amide bonds. The Balaban J connectivity index is 3.32. The summed E-state index contributed by atoms with van der Waals surface area (Å²) in [5.41, 5.74) is -3.98. The van der Waals surface area contributed by atoms with E-state index in [1.807, 2.05) is 0 Å². The molecule has 25 heavy (non-hydrogen) atoms. The molecule has 0 aromatic heterocycles. The van der Waals surface area contributed by atoms with E-state index >= 15 is 0 Å². The van der Waals surface area contributed by atoms with Gasteiger partial charge in [0.25, 0.3) is 5.91 Å². The Morgan fingerprint density at radius 1 is 0.960 bits per heavy atom. The zero-order valence-electron chi connectivity index (χ0n) is 13.0. The number of hydrogen-bond acceptors (Lipinski definition) is 2. The maximum absolute atomic E-state index is 12.8. The van der Waals surface area contributed by atoms with E-state index < -0.39 is 47.3 Å². The summed E-state index contributed by atoms with van der Waals surface area (Å²) >= 11 is 0. The van der Waals surface area contributed by atoms with E-state index in [2.05, 4.69) is 0 Å². The smallest absolute Gasteiger partial charge is 0.416 e. The van der Waals surface area contributed by atoms with Gasteiger partial charge in [-0.25, -0.2) is 0 Å². The maximum atomic E-state index is 12.8. The van der Waals surface area contributed by atoms with Gasteiger partial charge in [-0.05, 0) is 24.6 Å². The van der Waals surface area contributed by atoms with Gasteiger partial charge in [-0.3, -0.25) is 9.59 Å². The molecule has 10 heteroatoms. The van der Waals surface area contributed by atoms with Gasteiger partial charge in [0, 0.05) is 18.7 Å². The van der Waals surface area contributed by atoms with Crippen LogP contribution in [0.2, 0.25) is 0 Å². The zero-order valence-corrected chi connectivity index (χ0v) is 13.0. The number of carboxylic acid groups (broad SMARTS) is 1. The number of aliphatic carboxylic acids is 1. The van der Waals surface area contributed by atoms with E-state index in [0.29, 0.717) is 18.6 Å². The summed E-state index contributed by atoms with van der Waals surface area (Å²) in [6.45, 7) is 1.32. The lowest BCUT2D eigenvalue weighted by atomic mass is 10.0. The molecule has 140 valence electrons. The highest BCUT2D eigenvalue weighted by Crippen LogP contribution is 2.36. The molecule has 0 aliphatic rings. The number of carboxylic acids is 1. The van der Waals surface area contributed by atoms with Crippen molar-refractivity contribution in [2.75, 3.05) is 13.1 Å². The zero-order chi connectivity index (χ0) is 19.4. The molecule has 0 saturated carbocycles. The summed E-state index contributed by atoms with van der Waals surface area (Å²) in [4.78, 5) is 23.8. The number of halogens is 6. The van der Waals surface area contributed by atoms with Gasteiger partial charge < -0.3 is 10.0 Å². The fourth-order valence-corrected chi connectivity index (χ4v) is 2.08. The number of hydrogen-bond donors (Lipinski definition) is 1. The molecule has 1 N–H and O–H groups in total. The van der Waals surface area contributed by atoms with Gasteiger partial charge in [-0.15, -0.1) is 0 Å². The van der Waals surface area contributed by atoms with Crippen molar-refractivity contribution in [3.63, 3.8) is 0 Å². The quantitative estimate of drug-likeness (QED) is 0.768. The number of amides is 1. The van der Waals surface area contributed by atoms with Crippen molar-refractivity contribution in [1.29, 1.82) is 0 Å². The van der Waals surface area contributed by atoms with Crippen LogP contribution in [0, 0.1) is 0 Å². The van der Waals surface area contributed by atoms with Crippen LogP contribution in [0.3, 0.4) is 0 Å². The highest BCUT2D eigenvalue weighted by molar-refractivity contribution is 5.95. The molecule has 0 radical (unpaired) electrons. The van der Waals surface area contributed by atoms with Crippen molar-refractivity contribution in [3.05, 3.63) is 34.9 Å². The topological polar surface area (TPSA) is 57.6 Å². The summed E-state index contributed by atoms with van der Waals surface area (Å²) in [7, 11) is 0. The summed E-state index contributed by atoms with van der Waals surface area (Å²) in [6, 6.07) is 0.597. The van der Waals surface area contributed by atoms with Gasteiger partial charge in [0.2, 0.25) is 0 Å². The van der Waals surface area contributed by atoms with Crippen molar-refractivity contribution in [3.8, 4) is 0 Å². The minimum absolute atomic E-state index is 0.00368. The van der Waals surface area contributed by atoms with Crippen LogP contribution in [0.4, 0.5) is 26.3 Å². The lowest BCUT2D eigenvalue weighted by Gasteiger charge is -2.22. The van der Waals surface area contributed by atoms with Gasteiger partial charge in [-0.2, -0.15) is 26.3 Å². The molecular formula is C15H15F6NO3. The number of carbonyl (C=O) groups excluding carboxylic acids is 1. The van der Waals surface area contributed by atoms with E-state index in [-0.39, 0.29) is 19.2 Å². The van der Waals surface area contributed by atoms with Crippen molar-refractivity contribution < 1.29 is 41.0 Å². The van der Waals surface area contributed by atoms with E-state index in [0.717, 1.165) is 4.90 Å². The first-order chi connectivity index (χ1) is 11.4. The van der Waals surface area contributed by atoms with Crippen LogP contribution < -0.4 is 0 Å². The van der Waals surface area contributed by atoms with Crippen LogP contribution in [0.1, 0.15) is 41.3 Å². The summed E-state index contributed by atoms with van der Waals surface area (Å²) < 4.78 is 77.0. The van der Waals surface area contributed by atoms with Gasteiger partial charge in [-0.1, -0.05) is 6.92 Å². The third-order valence-corrected chi connectivity index (χ3v) is 3.21. The third-order valence-electron chi connectivity index (χ3n) is 3.21. The Morgan fingerprint density at radius 2 is 1.44 bits per heavy atom. The first-order valence-corrected chi connectivity index (χ1v) is 7.16. The standard InChI is InChI=1S/C15H15F6NO3/c1-2-4-22(5-3-12(23)24)13(25)9-6-10(14(16,17)18)8-11(7-9)15(19,20)21/h6-8H,2-5H2,1H3,(H,23,24). The van der Waals surface area contributed by atoms with Crippen LogP contribution in [0.15, 0.2) is 18.2 Å². The summed E-state index contributed by atoms with van der Waals surface area (Å²) in [5.74, 6) is -2.33. The number of nitrogens with zero attached hydrogens (tertiary/aromatic N) is 1. The minimum Gasteiger partial charge on any atom is -0.481 e. The molecule has 0 fully saturated rings. The van der Waals surface area contributed by atoms with Gasteiger partial charge in [0.1, 0.15) is 0 Å². The van der Waals surface area contributed by atoms with E-state index in [4.69, 9.17) is 5.11 Å². The summed E-state index contributed by atoms with van der Waals surface area (Å²) in [5, 5.41) is 8.65. The normalized spacial score (nSPS) is 12.1. The second-order valence-electron chi connectivity index (χ2n) is 5.23. The van der Waals surface area contributed by atoms with Crippen molar-refractivity contribution in [1.82, 2.24) is 4.90 Å². The van der Waals surface area contributed by atoms with E-state index in [1.165, 1.54) is 0 Å². The molecule has 0 aliphatic heterocycles. The Labute approximate surface area is 139 Å². The van der Waals surface area contributed by atoms with Crippen molar-refractivity contribution in [2.24, 2.45) is 0 Å². The first-order valence-electron chi connectivity index (χ1n) is 7.16. The molecule has 0 atom stereocenters. The molecule has 1 aromatic rings. The van der Waals surface area contributed by atoms with Gasteiger partial charge in [0.05, 0.1) is 17.5 Å². The lowest BCUT2D eigenvalue weighted by molar-refractivity contribution is -0.143. The van der Waals surface area contributed by atoms with Gasteiger partial charge >= 0.3 is 18.3 Å². The number of benzene rings is 1. The SMILES string of the molecule is CCCN(CCC(=O)O)C(=O)c1cc(C(F)(F)F)cc(C(F)(F)F)c1. The molecule has 1 aromatic carbocycles. The Hall–Kier alpha value is -2.26. The van der Waals surface area contributed by atoms with E-state index in [9.17, 15) is 35.9 Å². The van der Waals surface area contributed by atoms with Crippen molar-refractivity contribution >= 4 is 11.9 Å². The monoisotopic (exact) mass is 371 g/mol. The minimum atomic E-state index is -5.06. The van der Waals surface area contributed by atoms with Crippen LogP contribution in [-0.2, 0) is 17.1 Å². The molecule has 0 aliphatic carbocycles. The third kappa shape index (κ3) is 5.95. The fourth-order valence-electron chi connectivity index (χ4n) is 2.08. The van der Waals surface area contributed by atoms with Crippen molar-refractivity contribution in [2.45, 2.75) is 32.1 Å². The maximum Gasteiger partial charge on any atom is 0.416 e. The van der Waals surface area contributed by atoms with Crippen LogP contribution >= 0.6 is 0 Å². The molecule has 1 rings (SSSR count). The second-order valence-corrected chi connectivity index (χ2v) is 5.23. The molecule has 0 bridgehead atoms. The predicted molar refractivity (Wildman–Crippen MR) is 74.9 cm³/mol. The van der Waals surface area contributed by atoms with Gasteiger partial charge in [0.15, 0.2) is 0 Å². The lowest BCUT2D eigenvalue weighted by Crippen LogP contribution is -2.34. The molecular weight excluding hydrogens is 356 g/mol. The molecule has 0 spiro atoms. The highest BCUT2D eigenvalue weighted by Gasteiger charge is 2.37. The number of carbonyl (C=O) groups is 2. The van der Waals surface area contributed by atoms with E-state index in [1.54, 1.807) is 6.92 Å². The molecule has 0 heterocycles. The molecule has 4 nitrogen and oxygen atoms in total. The highest BCUT2D eigenvalue weighted by atomic mass is 19.4. The average Bonchev–Trinajstić information content (AvgIpc) is 2.48. The predicted octanol–water partition coefficient (Wildman–Crippen LogP) is 4.05. The number of alkyl halides is 6. The molecule has 0 saturated heterocycles. The van der Waals surface area contributed by atoms with Crippen LogP contribution in [0.5, 0.6) is 0 Å². The molecule has 0 unspecified atom stereocenters. The first kappa shape index (κ1) is 20.8. The number of rotatable bonds is 6. The van der Waals surface area contributed by atoms with Crippen LogP contribution in [-0.4, -0.2) is 35.0 Å². The largest absolute Gasteiger partial charge is 0.481 e. The second kappa shape index (κ2) is 7.75.